The number of rotatable bonds is 10. The predicted molar refractivity (Wildman–Crippen MR) is 210 cm³/mol. The van der Waals surface area contributed by atoms with Crippen LogP contribution in [0.4, 0.5) is 15.9 Å². The van der Waals surface area contributed by atoms with Gasteiger partial charge in [-0.3, -0.25) is 9.59 Å². The molecular formula is C40H50FN8O5S+. The summed E-state index contributed by atoms with van der Waals surface area (Å²) in [4.78, 5) is 39.8. The van der Waals surface area contributed by atoms with Gasteiger partial charge in [-0.15, -0.1) is 21.5 Å². The number of aliphatic hydroxyl groups excluding tert-OH is 2. The maximum atomic E-state index is 14.2. The molecule has 2 amide bonds. The van der Waals surface area contributed by atoms with Crippen LogP contribution in [0.1, 0.15) is 70.7 Å². The van der Waals surface area contributed by atoms with E-state index in [0.717, 1.165) is 27.8 Å². The van der Waals surface area contributed by atoms with Gasteiger partial charge in [0.05, 0.1) is 33.6 Å². The number of halogens is 1. The number of aromatic hydroxyl groups is 1. The number of β-amino-alcohol motifs (C(OH)–C–C–N with tert-alkyl or cyclic N) is 1. The van der Waals surface area contributed by atoms with E-state index in [9.17, 15) is 29.3 Å². The molecule has 2 aliphatic rings. The molecule has 55 heavy (non-hydrogen) atoms. The van der Waals surface area contributed by atoms with Crippen LogP contribution in [0.2, 0.25) is 0 Å². The highest BCUT2D eigenvalue weighted by molar-refractivity contribution is 7.13. The van der Waals surface area contributed by atoms with Gasteiger partial charge in [-0.2, -0.15) is 0 Å². The Morgan fingerprint density at radius 1 is 1.11 bits per heavy atom. The highest BCUT2D eigenvalue weighted by atomic mass is 32.1. The van der Waals surface area contributed by atoms with Crippen molar-refractivity contribution in [3.63, 3.8) is 0 Å². The number of carbonyl (C=O) groups excluding carboxylic acids is 2. The second-order valence-corrected chi connectivity index (χ2v) is 16.6. The molecule has 7 N–H and O–H groups in total. The number of hydrogen-bond donors (Lipinski definition) is 6. The SMILES string of the molecule is Cc1ncsc1-c1ccc([C@H](C)[NH+]=C(O)[C@@H]2C[C@@H](O)CN2C(=O)[C@@H](NC(=O)CC2CCN(c3cc(-c4cc(F)ccc4O)nnc3N)CC2)C(C)(C)C)cc1. The molecule has 292 valence electrons. The topological polar surface area (TPSA) is 192 Å². The molecule has 0 radical (unpaired) electrons. The smallest absolute Gasteiger partial charge is 0.356 e. The molecule has 0 spiro atoms. The van der Waals surface area contributed by atoms with Crippen LogP contribution in [0.25, 0.3) is 21.7 Å². The lowest BCUT2D eigenvalue weighted by molar-refractivity contribution is -0.515. The van der Waals surface area contributed by atoms with Gasteiger partial charge in [-0.25, -0.2) is 14.4 Å². The van der Waals surface area contributed by atoms with Gasteiger partial charge < -0.3 is 36.2 Å². The number of thiazole rings is 1. The lowest BCUT2D eigenvalue weighted by Gasteiger charge is -2.36. The van der Waals surface area contributed by atoms with Crippen LogP contribution in [0.3, 0.4) is 0 Å². The number of nitrogens with one attached hydrogen (secondary N) is 2. The molecule has 0 saturated carbocycles. The molecule has 6 rings (SSSR count). The second-order valence-electron chi connectivity index (χ2n) is 15.7. The Bertz CT molecular complexity index is 2040. The van der Waals surface area contributed by atoms with Crippen molar-refractivity contribution in [3.8, 4) is 27.4 Å². The summed E-state index contributed by atoms with van der Waals surface area (Å²) in [7, 11) is 0. The Kier molecular flexibility index (Phi) is 11.7. The van der Waals surface area contributed by atoms with E-state index in [1.165, 1.54) is 17.0 Å². The van der Waals surface area contributed by atoms with Crippen molar-refractivity contribution >= 4 is 40.6 Å². The number of carbonyl (C=O) groups is 2. The van der Waals surface area contributed by atoms with E-state index >= 15 is 0 Å². The number of benzene rings is 2. The standard InChI is InChI=1S/C40H49FN8O5S/c1-22(25-6-8-26(9-7-25)35-23(2)43-21-55-35)44-38(53)32-18-28(50)20-49(32)39(54)36(40(3,4)5)45-34(52)16-24-12-14-48(15-13-24)31-19-30(46-47-37(31)42)29-17-27(41)10-11-33(29)51/h6-11,17,19,21-22,24,28,32,36,50-51H,12-16,18,20H2,1-5H3,(H2,42,47)(H,44,53)(H,45,52)/p+1/t22-,28+,32-,36+/m0/s1. The van der Waals surface area contributed by atoms with Crippen LogP contribution in [0.5, 0.6) is 5.75 Å². The minimum atomic E-state index is -0.902. The van der Waals surface area contributed by atoms with Crippen molar-refractivity contribution in [1.29, 1.82) is 0 Å². The fraction of sp³-hybridized carbons (Fsp3) is 0.450. The monoisotopic (exact) mass is 773 g/mol. The van der Waals surface area contributed by atoms with E-state index < -0.39 is 29.4 Å². The Morgan fingerprint density at radius 2 is 1.82 bits per heavy atom. The largest absolute Gasteiger partial charge is 0.507 e. The van der Waals surface area contributed by atoms with Gasteiger partial charge in [0.2, 0.25) is 11.8 Å². The first-order chi connectivity index (χ1) is 26.1. The fourth-order valence-corrected chi connectivity index (χ4v) is 8.20. The molecule has 15 heteroatoms. The highest BCUT2D eigenvalue weighted by Crippen LogP contribution is 2.35. The van der Waals surface area contributed by atoms with E-state index in [-0.39, 0.29) is 71.9 Å². The van der Waals surface area contributed by atoms with Crippen molar-refractivity contribution in [2.75, 3.05) is 30.3 Å². The molecular weight excluding hydrogens is 724 g/mol. The zero-order valence-corrected chi connectivity index (χ0v) is 32.6. The summed E-state index contributed by atoms with van der Waals surface area (Å²) in [6.45, 7) is 10.7. The normalized spacial score (nSPS) is 19.4. The van der Waals surface area contributed by atoms with Gasteiger partial charge in [-0.05, 0) is 60.9 Å². The van der Waals surface area contributed by atoms with E-state index in [1.807, 2.05) is 69.3 Å². The molecule has 2 saturated heterocycles. The zero-order valence-electron chi connectivity index (χ0n) is 31.8. The van der Waals surface area contributed by atoms with Crippen LogP contribution in [-0.4, -0.2) is 90.9 Å². The number of amides is 2. The maximum absolute atomic E-state index is 14.2. The van der Waals surface area contributed by atoms with Gasteiger partial charge in [0.15, 0.2) is 17.9 Å². The Morgan fingerprint density at radius 3 is 2.47 bits per heavy atom. The van der Waals surface area contributed by atoms with Crippen LogP contribution in [0, 0.1) is 24.1 Å². The third kappa shape index (κ3) is 9.05. The summed E-state index contributed by atoms with van der Waals surface area (Å²) in [6.07, 6.45) is 0.878. The van der Waals surface area contributed by atoms with Crippen molar-refractivity contribution in [2.45, 2.75) is 84.5 Å². The van der Waals surface area contributed by atoms with E-state index in [1.54, 1.807) is 17.4 Å². The van der Waals surface area contributed by atoms with Crippen molar-refractivity contribution in [2.24, 2.45) is 11.3 Å². The van der Waals surface area contributed by atoms with E-state index in [0.29, 0.717) is 31.6 Å². The van der Waals surface area contributed by atoms with Crippen LogP contribution in [0.15, 0.2) is 54.0 Å². The van der Waals surface area contributed by atoms with Gasteiger partial charge in [0, 0.05) is 50.5 Å². The number of anilines is 2. The summed E-state index contributed by atoms with van der Waals surface area (Å²) in [6, 6.07) is 11.3. The number of phenols is 1. The highest BCUT2D eigenvalue weighted by Gasteiger charge is 2.46. The van der Waals surface area contributed by atoms with Gasteiger partial charge in [-0.1, -0.05) is 45.0 Å². The Hall–Kier alpha value is -5.15. The Labute approximate surface area is 324 Å². The number of aryl methyl sites for hydroxylation is 1. The van der Waals surface area contributed by atoms with E-state index in [4.69, 9.17) is 5.73 Å². The minimum Gasteiger partial charge on any atom is -0.507 e. The third-order valence-electron chi connectivity index (χ3n) is 10.5. The number of phenolic OH excluding ortho intramolecular Hbond substituents is 1. The molecule has 2 aliphatic heterocycles. The Balaban J connectivity index is 1.08. The van der Waals surface area contributed by atoms with Gasteiger partial charge in [0.25, 0.3) is 0 Å². The van der Waals surface area contributed by atoms with E-state index in [2.05, 4.69) is 25.5 Å². The van der Waals surface area contributed by atoms with Crippen molar-refractivity contribution in [1.82, 2.24) is 25.4 Å². The zero-order chi connectivity index (χ0) is 39.6. The molecule has 4 aromatic rings. The fourth-order valence-electron chi connectivity index (χ4n) is 7.38. The number of aliphatic hydroxyl groups is 2. The first-order valence-electron chi connectivity index (χ1n) is 18.6. The lowest BCUT2D eigenvalue weighted by Crippen LogP contribution is -2.77. The number of aromatic nitrogens is 3. The number of nitrogen functional groups attached to an aromatic ring is 1. The van der Waals surface area contributed by atoms with Crippen LogP contribution in [-0.2, 0) is 9.59 Å². The minimum absolute atomic E-state index is 0.0287. The molecule has 2 aromatic heterocycles. The average molecular weight is 774 g/mol. The first kappa shape index (κ1) is 39.5. The lowest BCUT2D eigenvalue weighted by atomic mass is 9.85. The molecule has 2 aromatic carbocycles. The number of nitrogens with two attached hydrogens (primary N) is 1. The summed E-state index contributed by atoms with van der Waals surface area (Å²) in [5.41, 5.74) is 11.4. The van der Waals surface area contributed by atoms with Crippen LogP contribution >= 0.6 is 11.3 Å². The predicted octanol–water partition coefficient (Wildman–Crippen LogP) is 3.90. The molecule has 0 bridgehead atoms. The molecule has 0 unspecified atom stereocenters. The molecule has 4 atom stereocenters. The van der Waals surface area contributed by atoms with Crippen molar-refractivity contribution in [3.05, 3.63) is 71.1 Å². The first-order valence-corrected chi connectivity index (χ1v) is 19.4. The summed E-state index contributed by atoms with van der Waals surface area (Å²) in [5.74, 6) is -1.13. The molecule has 2 fully saturated rings. The number of hydrogen-bond acceptors (Lipinski definition) is 10. The summed E-state index contributed by atoms with van der Waals surface area (Å²) < 4.78 is 13.9. The summed E-state index contributed by atoms with van der Waals surface area (Å²) >= 11 is 1.58. The third-order valence-corrected chi connectivity index (χ3v) is 11.5. The number of piperidine rings is 1. The molecule has 0 aliphatic carbocycles. The summed E-state index contributed by atoms with van der Waals surface area (Å²) in [5, 5.41) is 43.4. The maximum Gasteiger partial charge on any atom is 0.356 e. The molecule has 4 heterocycles. The average Bonchev–Trinajstić information content (AvgIpc) is 3.76. The van der Waals surface area contributed by atoms with Crippen LogP contribution < -0.4 is 20.9 Å². The molecule has 13 nitrogen and oxygen atoms in total. The van der Waals surface area contributed by atoms with Gasteiger partial charge >= 0.3 is 5.90 Å². The van der Waals surface area contributed by atoms with Crippen molar-refractivity contribution < 1.29 is 34.3 Å². The van der Waals surface area contributed by atoms with Gasteiger partial charge in [0.1, 0.15) is 17.6 Å². The second kappa shape index (κ2) is 16.3. The number of likely N-dealkylation sites (tertiary alicyclic amines) is 1. The number of nitrogens with zero attached hydrogens (tertiary/aromatic N) is 5. The quantitative estimate of drug-likeness (QED) is 0.102.